The van der Waals surface area contributed by atoms with E-state index in [1.807, 2.05) is 24.3 Å². The second kappa shape index (κ2) is 6.51. The number of carbonyl (C=O) groups excluding carboxylic acids is 1. The number of likely N-dealkylation sites (N-methyl/N-ethyl adjacent to an activating group) is 1. The number of halogens is 1. The molecule has 3 rings (SSSR count). The third-order valence-corrected chi connectivity index (χ3v) is 4.30. The topological polar surface area (TPSA) is 29.5 Å². The van der Waals surface area contributed by atoms with Crippen LogP contribution in [0.4, 0.5) is 0 Å². The van der Waals surface area contributed by atoms with Crippen molar-refractivity contribution < 1.29 is 9.53 Å². The SMILES string of the molecule is CN(CC1Cc2ccccc2CO1)C(=O)c1ccccc1Cl. The van der Waals surface area contributed by atoms with Crippen LogP contribution in [0.1, 0.15) is 21.5 Å². The number of nitrogens with zero attached hydrogens (tertiary/aromatic N) is 1. The number of hydrogen-bond acceptors (Lipinski definition) is 2. The Labute approximate surface area is 135 Å². The van der Waals surface area contributed by atoms with Crippen molar-refractivity contribution in [3.05, 3.63) is 70.2 Å². The Morgan fingerprint density at radius 2 is 1.86 bits per heavy atom. The first-order valence-electron chi connectivity index (χ1n) is 7.33. The van der Waals surface area contributed by atoms with Gasteiger partial charge in [0.2, 0.25) is 0 Å². The van der Waals surface area contributed by atoms with E-state index in [9.17, 15) is 4.79 Å². The quantitative estimate of drug-likeness (QED) is 0.867. The maximum atomic E-state index is 12.5. The average molecular weight is 316 g/mol. The first kappa shape index (κ1) is 15.1. The average Bonchev–Trinajstić information content (AvgIpc) is 2.54. The molecule has 3 nitrogen and oxygen atoms in total. The van der Waals surface area contributed by atoms with Crippen molar-refractivity contribution in [2.45, 2.75) is 19.1 Å². The Hall–Kier alpha value is -1.84. The van der Waals surface area contributed by atoms with Crippen molar-refractivity contribution in [1.82, 2.24) is 4.90 Å². The van der Waals surface area contributed by atoms with Gasteiger partial charge in [-0.15, -0.1) is 0 Å². The number of fused-ring (bicyclic) bond motifs is 1. The molecule has 2 aromatic rings. The Balaban J connectivity index is 1.67. The first-order valence-corrected chi connectivity index (χ1v) is 7.71. The molecule has 0 saturated heterocycles. The van der Waals surface area contributed by atoms with Crippen LogP contribution in [-0.4, -0.2) is 30.5 Å². The molecule has 22 heavy (non-hydrogen) atoms. The van der Waals surface area contributed by atoms with E-state index >= 15 is 0 Å². The third kappa shape index (κ3) is 3.16. The summed E-state index contributed by atoms with van der Waals surface area (Å²) >= 11 is 6.09. The molecule has 0 N–H and O–H groups in total. The van der Waals surface area contributed by atoms with E-state index in [0.717, 1.165) is 6.42 Å². The molecule has 1 unspecified atom stereocenters. The van der Waals surface area contributed by atoms with Gasteiger partial charge in [0.05, 0.1) is 23.3 Å². The molecule has 0 spiro atoms. The van der Waals surface area contributed by atoms with E-state index in [0.29, 0.717) is 23.7 Å². The highest BCUT2D eigenvalue weighted by atomic mass is 35.5. The Morgan fingerprint density at radius 1 is 1.18 bits per heavy atom. The maximum Gasteiger partial charge on any atom is 0.255 e. The smallest absolute Gasteiger partial charge is 0.255 e. The van der Waals surface area contributed by atoms with E-state index in [1.165, 1.54) is 11.1 Å². The fourth-order valence-corrected chi connectivity index (χ4v) is 2.97. The van der Waals surface area contributed by atoms with E-state index in [4.69, 9.17) is 16.3 Å². The lowest BCUT2D eigenvalue weighted by molar-refractivity contribution is 0.00985. The summed E-state index contributed by atoms with van der Waals surface area (Å²) in [4.78, 5) is 14.2. The molecule has 0 saturated carbocycles. The summed E-state index contributed by atoms with van der Waals surface area (Å²) in [6, 6.07) is 15.4. The van der Waals surface area contributed by atoms with Gasteiger partial charge in [-0.25, -0.2) is 0 Å². The molecule has 1 atom stereocenters. The fraction of sp³-hybridized carbons (Fsp3) is 0.278. The lowest BCUT2D eigenvalue weighted by Crippen LogP contribution is -2.38. The summed E-state index contributed by atoms with van der Waals surface area (Å²) in [7, 11) is 1.79. The summed E-state index contributed by atoms with van der Waals surface area (Å²) in [5.41, 5.74) is 3.07. The number of carbonyl (C=O) groups is 1. The van der Waals surface area contributed by atoms with Crippen LogP contribution < -0.4 is 0 Å². The van der Waals surface area contributed by atoms with Gasteiger partial charge in [-0.05, 0) is 23.3 Å². The fourth-order valence-electron chi connectivity index (χ4n) is 2.76. The van der Waals surface area contributed by atoms with Gasteiger partial charge in [-0.3, -0.25) is 4.79 Å². The van der Waals surface area contributed by atoms with E-state index in [1.54, 1.807) is 24.1 Å². The molecule has 1 amide bonds. The van der Waals surface area contributed by atoms with Crippen molar-refractivity contribution in [3.8, 4) is 0 Å². The van der Waals surface area contributed by atoms with Crippen LogP contribution in [0, 0.1) is 0 Å². The number of ether oxygens (including phenoxy) is 1. The first-order chi connectivity index (χ1) is 10.6. The van der Waals surface area contributed by atoms with Gasteiger partial charge in [0.25, 0.3) is 5.91 Å². The molecular weight excluding hydrogens is 298 g/mol. The monoisotopic (exact) mass is 315 g/mol. The zero-order valence-electron chi connectivity index (χ0n) is 12.5. The van der Waals surface area contributed by atoms with E-state index in [-0.39, 0.29) is 12.0 Å². The Bertz CT molecular complexity index is 686. The second-order valence-electron chi connectivity index (χ2n) is 5.57. The minimum Gasteiger partial charge on any atom is -0.371 e. The Kier molecular flexibility index (Phi) is 4.46. The van der Waals surface area contributed by atoms with Crippen LogP contribution >= 0.6 is 11.6 Å². The number of hydrogen-bond donors (Lipinski definition) is 0. The lowest BCUT2D eigenvalue weighted by Gasteiger charge is -2.29. The zero-order valence-corrected chi connectivity index (χ0v) is 13.2. The molecule has 0 aromatic heterocycles. The molecule has 0 aliphatic carbocycles. The van der Waals surface area contributed by atoms with Crippen LogP contribution in [0.2, 0.25) is 5.02 Å². The van der Waals surface area contributed by atoms with Crippen molar-refractivity contribution in [1.29, 1.82) is 0 Å². The molecule has 0 fully saturated rings. The van der Waals surface area contributed by atoms with Gasteiger partial charge in [-0.2, -0.15) is 0 Å². The summed E-state index contributed by atoms with van der Waals surface area (Å²) in [6.45, 7) is 1.16. The minimum absolute atomic E-state index is 0.0198. The Morgan fingerprint density at radius 3 is 2.64 bits per heavy atom. The predicted octanol–water partition coefficient (Wildman–Crippen LogP) is 3.55. The normalized spacial score (nSPS) is 16.9. The molecular formula is C18H18ClNO2. The molecule has 0 radical (unpaired) electrons. The molecule has 114 valence electrons. The van der Waals surface area contributed by atoms with Crippen molar-refractivity contribution in [2.75, 3.05) is 13.6 Å². The molecule has 1 aliphatic rings. The van der Waals surface area contributed by atoms with Gasteiger partial charge in [-0.1, -0.05) is 48.0 Å². The molecule has 4 heteroatoms. The molecule has 1 heterocycles. The van der Waals surface area contributed by atoms with Crippen LogP contribution in [0.3, 0.4) is 0 Å². The number of rotatable bonds is 3. The minimum atomic E-state index is -0.0759. The van der Waals surface area contributed by atoms with Gasteiger partial charge in [0.1, 0.15) is 0 Å². The van der Waals surface area contributed by atoms with Crippen molar-refractivity contribution >= 4 is 17.5 Å². The predicted molar refractivity (Wildman–Crippen MR) is 87.1 cm³/mol. The summed E-state index contributed by atoms with van der Waals surface area (Å²) < 4.78 is 5.86. The maximum absolute atomic E-state index is 12.5. The zero-order chi connectivity index (χ0) is 15.5. The van der Waals surface area contributed by atoms with Crippen LogP contribution in [0.25, 0.3) is 0 Å². The summed E-state index contributed by atoms with van der Waals surface area (Å²) in [5, 5.41) is 0.481. The number of benzene rings is 2. The number of amides is 1. The standard InChI is InChI=1S/C18H18ClNO2/c1-20(18(21)16-8-4-5-9-17(16)19)11-15-10-13-6-2-3-7-14(13)12-22-15/h2-9,15H,10-12H2,1H3. The summed E-state index contributed by atoms with van der Waals surface area (Å²) in [5.74, 6) is -0.0759. The van der Waals surface area contributed by atoms with Gasteiger partial charge >= 0.3 is 0 Å². The lowest BCUT2D eigenvalue weighted by atomic mass is 9.99. The highest BCUT2D eigenvalue weighted by molar-refractivity contribution is 6.33. The summed E-state index contributed by atoms with van der Waals surface area (Å²) in [6.07, 6.45) is 0.849. The highest BCUT2D eigenvalue weighted by Crippen LogP contribution is 2.22. The van der Waals surface area contributed by atoms with E-state index < -0.39 is 0 Å². The highest BCUT2D eigenvalue weighted by Gasteiger charge is 2.23. The van der Waals surface area contributed by atoms with Gasteiger partial charge < -0.3 is 9.64 Å². The van der Waals surface area contributed by atoms with Crippen LogP contribution in [0.5, 0.6) is 0 Å². The van der Waals surface area contributed by atoms with E-state index in [2.05, 4.69) is 12.1 Å². The van der Waals surface area contributed by atoms with Gasteiger partial charge in [0, 0.05) is 20.0 Å². The molecule has 2 aromatic carbocycles. The van der Waals surface area contributed by atoms with Crippen LogP contribution in [-0.2, 0) is 17.8 Å². The van der Waals surface area contributed by atoms with Gasteiger partial charge in [0.15, 0.2) is 0 Å². The van der Waals surface area contributed by atoms with Crippen molar-refractivity contribution in [2.24, 2.45) is 0 Å². The molecule has 0 bridgehead atoms. The largest absolute Gasteiger partial charge is 0.371 e. The van der Waals surface area contributed by atoms with Crippen molar-refractivity contribution in [3.63, 3.8) is 0 Å². The molecule has 1 aliphatic heterocycles. The third-order valence-electron chi connectivity index (χ3n) is 3.97. The second-order valence-corrected chi connectivity index (χ2v) is 5.98. The van der Waals surface area contributed by atoms with Crippen LogP contribution in [0.15, 0.2) is 48.5 Å².